The van der Waals surface area contributed by atoms with E-state index in [0.717, 1.165) is 23.2 Å². The van der Waals surface area contributed by atoms with Gasteiger partial charge in [-0.2, -0.15) is 0 Å². The number of carbonyl (C=O) groups is 2. The fraction of sp³-hybridized carbons (Fsp3) is 0.231. The molecular formula is C26H27N3O4. The Morgan fingerprint density at radius 2 is 1.67 bits per heavy atom. The van der Waals surface area contributed by atoms with Crippen LogP contribution in [0.5, 0.6) is 11.5 Å². The second-order valence-electron chi connectivity index (χ2n) is 7.97. The monoisotopic (exact) mass is 445 g/mol. The minimum absolute atomic E-state index is 0.0170. The van der Waals surface area contributed by atoms with Gasteiger partial charge in [0.15, 0.2) is 0 Å². The van der Waals surface area contributed by atoms with Gasteiger partial charge in [-0.25, -0.2) is 4.79 Å². The van der Waals surface area contributed by atoms with Crippen LogP contribution in [-0.2, 0) is 13.0 Å². The maximum Gasteiger partial charge on any atom is 0.319 e. The van der Waals surface area contributed by atoms with Crippen molar-refractivity contribution in [3.8, 4) is 11.5 Å². The lowest BCUT2D eigenvalue weighted by atomic mass is 10.1. The van der Waals surface area contributed by atoms with Crippen molar-refractivity contribution in [2.24, 2.45) is 0 Å². The van der Waals surface area contributed by atoms with Crippen molar-refractivity contribution in [2.45, 2.75) is 25.9 Å². The molecule has 33 heavy (non-hydrogen) atoms. The van der Waals surface area contributed by atoms with E-state index in [9.17, 15) is 9.59 Å². The predicted molar refractivity (Wildman–Crippen MR) is 128 cm³/mol. The molecule has 0 saturated heterocycles. The Hall–Kier alpha value is -4.00. The number of amides is 3. The summed E-state index contributed by atoms with van der Waals surface area (Å²) in [6.07, 6.45) is 0.805. The van der Waals surface area contributed by atoms with Crippen molar-refractivity contribution in [1.29, 1.82) is 0 Å². The van der Waals surface area contributed by atoms with E-state index in [0.29, 0.717) is 29.3 Å². The standard InChI is InChI=1S/C26H27N3O4/c1-17-11-20-10-9-18(12-24(20)29(17)25(30)19-7-5-4-6-8-19)16-27-26(31)28-21-13-22(32-2)15-23(14-21)33-3/h4-10,12-15,17H,11,16H2,1-3H3,(H2,27,28,31)/t17-/m0/s1. The minimum atomic E-state index is -0.351. The first kappa shape index (κ1) is 22.2. The van der Waals surface area contributed by atoms with E-state index in [2.05, 4.69) is 17.6 Å². The van der Waals surface area contributed by atoms with Crippen molar-refractivity contribution in [1.82, 2.24) is 5.32 Å². The van der Waals surface area contributed by atoms with Crippen LogP contribution in [0.25, 0.3) is 0 Å². The molecule has 3 amide bonds. The maximum absolute atomic E-state index is 13.1. The molecule has 2 N–H and O–H groups in total. The Kier molecular flexibility index (Phi) is 6.49. The largest absolute Gasteiger partial charge is 0.497 e. The van der Waals surface area contributed by atoms with Gasteiger partial charge in [0.05, 0.1) is 14.2 Å². The Bertz CT molecular complexity index is 1140. The maximum atomic E-state index is 13.1. The molecule has 3 aromatic carbocycles. The van der Waals surface area contributed by atoms with Gasteiger partial charge in [-0.3, -0.25) is 4.79 Å². The van der Waals surface area contributed by atoms with Gasteiger partial charge in [-0.15, -0.1) is 0 Å². The lowest BCUT2D eigenvalue weighted by Crippen LogP contribution is -2.35. The lowest BCUT2D eigenvalue weighted by Gasteiger charge is -2.23. The molecule has 1 aliphatic rings. The highest BCUT2D eigenvalue weighted by molar-refractivity contribution is 6.07. The molecule has 4 rings (SSSR count). The Balaban J connectivity index is 1.45. The summed E-state index contributed by atoms with van der Waals surface area (Å²) in [6.45, 7) is 2.37. The van der Waals surface area contributed by atoms with Gasteiger partial charge in [0.1, 0.15) is 11.5 Å². The topological polar surface area (TPSA) is 79.9 Å². The van der Waals surface area contributed by atoms with Crippen LogP contribution in [0.3, 0.4) is 0 Å². The fourth-order valence-corrected chi connectivity index (χ4v) is 4.03. The van der Waals surface area contributed by atoms with E-state index in [1.807, 2.05) is 53.4 Å². The van der Waals surface area contributed by atoms with Gasteiger partial charge in [0.2, 0.25) is 0 Å². The summed E-state index contributed by atoms with van der Waals surface area (Å²) >= 11 is 0. The SMILES string of the molecule is COc1cc(NC(=O)NCc2ccc3c(c2)N(C(=O)c2ccccc2)[C@@H](C)C3)cc(OC)c1. The van der Waals surface area contributed by atoms with E-state index < -0.39 is 0 Å². The number of hydrogen-bond donors (Lipinski definition) is 2. The summed E-state index contributed by atoms with van der Waals surface area (Å²) in [4.78, 5) is 27.4. The smallest absolute Gasteiger partial charge is 0.319 e. The fourth-order valence-electron chi connectivity index (χ4n) is 4.03. The zero-order chi connectivity index (χ0) is 23.4. The molecule has 0 aromatic heterocycles. The summed E-state index contributed by atoms with van der Waals surface area (Å²) in [5.41, 5.74) is 4.16. The van der Waals surface area contributed by atoms with Crippen LogP contribution >= 0.6 is 0 Å². The Morgan fingerprint density at radius 3 is 2.33 bits per heavy atom. The zero-order valence-corrected chi connectivity index (χ0v) is 18.9. The van der Waals surface area contributed by atoms with E-state index in [4.69, 9.17) is 9.47 Å². The van der Waals surface area contributed by atoms with Gasteiger partial charge in [0.25, 0.3) is 5.91 Å². The molecule has 7 heteroatoms. The number of rotatable bonds is 6. The van der Waals surface area contributed by atoms with Crippen LogP contribution < -0.4 is 25.0 Å². The minimum Gasteiger partial charge on any atom is -0.497 e. The molecule has 7 nitrogen and oxygen atoms in total. The van der Waals surface area contributed by atoms with E-state index >= 15 is 0 Å². The summed E-state index contributed by atoms with van der Waals surface area (Å²) < 4.78 is 10.5. The first-order chi connectivity index (χ1) is 16.0. The molecule has 0 spiro atoms. The number of anilines is 2. The van der Waals surface area contributed by atoms with E-state index in [-0.39, 0.29) is 18.0 Å². The molecule has 0 radical (unpaired) electrons. The normalized spacial score (nSPS) is 14.4. The number of nitrogens with zero attached hydrogens (tertiary/aromatic N) is 1. The zero-order valence-electron chi connectivity index (χ0n) is 18.9. The van der Waals surface area contributed by atoms with Crippen LogP contribution in [0.4, 0.5) is 16.2 Å². The van der Waals surface area contributed by atoms with Gasteiger partial charge in [-0.1, -0.05) is 30.3 Å². The average molecular weight is 446 g/mol. The number of fused-ring (bicyclic) bond motifs is 1. The number of benzene rings is 3. The van der Waals surface area contributed by atoms with Crippen LogP contribution in [-0.4, -0.2) is 32.2 Å². The lowest BCUT2D eigenvalue weighted by molar-refractivity contribution is 0.0981. The Morgan fingerprint density at radius 1 is 0.970 bits per heavy atom. The second-order valence-corrected chi connectivity index (χ2v) is 7.97. The van der Waals surface area contributed by atoms with Crippen LogP contribution in [0.2, 0.25) is 0 Å². The molecule has 0 bridgehead atoms. The summed E-state index contributed by atoms with van der Waals surface area (Å²) in [5, 5.41) is 5.66. The first-order valence-corrected chi connectivity index (χ1v) is 10.8. The third-order valence-corrected chi connectivity index (χ3v) is 5.67. The van der Waals surface area contributed by atoms with Crippen molar-refractivity contribution in [3.05, 3.63) is 83.4 Å². The number of urea groups is 1. The van der Waals surface area contributed by atoms with Gasteiger partial charge < -0.3 is 25.0 Å². The molecule has 0 fully saturated rings. The number of hydrogen-bond acceptors (Lipinski definition) is 4. The predicted octanol–water partition coefficient (Wildman–Crippen LogP) is 4.62. The molecule has 170 valence electrons. The molecular weight excluding hydrogens is 418 g/mol. The van der Waals surface area contributed by atoms with Crippen LogP contribution in [0, 0.1) is 0 Å². The average Bonchev–Trinajstić information content (AvgIpc) is 3.17. The van der Waals surface area contributed by atoms with E-state index in [1.54, 1.807) is 32.4 Å². The molecule has 3 aromatic rings. The van der Waals surface area contributed by atoms with Crippen molar-refractivity contribution in [2.75, 3.05) is 24.4 Å². The van der Waals surface area contributed by atoms with Crippen molar-refractivity contribution < 1.29 is 19.1 Å². The number of nitrogens with one attached hydrogen (secondary N) is 2. The third kappa shape index (κ3) is 4.92. The molecule has 0 unspecified atom stereocenters. The van der Waals surface area contributed by atoms with Gasteiger partial charge in [0, 0.05) is 47.7 Å². The van der Waals surface area contributed by atoms with Crippen molar-refractivity contribution >= 4 is 23.3 Å². The van der Waals surface area contributed by atoms with Crippen molar-refractivity contribution in [3.63, 3.8) is 0 Å². The number of carbonyl (C=O) groups excluding carboxylic acids is 2. The second kappa shape index (κ2) is 9.65. The number of ether oxygens (including phenoxy) is 2. The molecule has 1 aliphatic heterocycles. The third-order valence-electron chi connectivity index (χ3n) is 5.67. The molecule has 1 heterocycles. The molecule has 0 saturated carbocycles. The van der Waals surface area contributed by atoms with E-state index in [1.165, 1.54) is 0 Å². The Labute approximate surface area is 193 Å². The highest BCUT2D eigenvalue weighted by Crippen LogP contribution is 2.34. The molecule has 0 aliphatic carbocycles. The summed E-state index contributed by atoms with van der Waals surface area (Å²) in [6, 6.07) is 20.2. The van der Waals surface area contributed by atoms with Crippen LogP contribution in [0.1, 0.15) is 28.4 Å². The number of methoxy groups -OCH3 is 2. The van der Waals surface area contributed by atoms with Gasteiger partial charge >= 0.3 is 6.03 Å². The summed E-state index contributed by atoms with van der Waals surface area (Å²) in [7, 11) is 3.11. The first-order valence-electron chi connectivity index (χ1n) is 10.8. The van der Waals surface area contributed by atoms with Crippen LogP contribution in [0.15, 0.2) is 66.7 Å². The highest BCUT2D eigenvalue weighted by Gasteiger charge is 2.31. The quantitative estimate of drug-likeness (QED) is 0.580. The highest BCUT2D eigenvalue weighted by atomic mass is 16.5. The van der Waals surface area contributed by atoms with Gasteiger partial charge in [-0.05, 0) is 42.7 Å². The summed E-state index contributed by atoms with van der Waals surface area (Å²) in [5.74, 6) is 1.15. The molecule has 1 atom stereocenters.